The van der Waals surface area contributed by atoms with E-state index in [1.165, 1.54) is 0 Å². The summed E-state index contributed by atoms with van der Waals surface area (Å²) in [6, 6.07) is 7.46. The molecule has 1 amide bonds. The molecule has 28 heavy (non-hydrogen) atoms. The van der Waals surface area contributed by atoms with Crippen molar-refractivity contribution >= 4 is 22.5 Å². The number of nitrogens with one attached hydrogen (secondary N) is 2. The van der Waals surface area contributed by atoms with Gasteiger partial charge in [0.1, 0.15) is 5.75 Å². The smallest absolute Gasteiger partial charge is 0.228 e. The predicted octanol–water partition coefficient (Wildman–Crippen LogP) is 3.69. The van der Waals surface area contributed by atoms with Gasteiger partial charge in [0.15, 0.2) is 11.5 Å². The number of rotatable bonds is 7. The third kappa shape index (κ3) is 3.55. The Morgan fingerprint density at radius 3 is 2.32 bits per heavy atom. The molecule has 0 saturated carbocycles. The number of methoxy groups -OCH3 is 4. The Morgan fingerprint density at radius 1 is 0.964 bits per heavy atom. The van der Waals surface area contributed by atoms with E-state index in [1.807, 2.05) is 31.2 Å². The van der Waals surface area contributed by atoms with Gasteiger partial charge < -0.3 is 29.2 Å². The summed E-state index contributed by atoms with van der Waals surface area (Å²) in [5.74, 6) is 2.01. The number of ether oxygens (including phenoxy) is 4. The lowest BCUT2D eigenvalue weighted by Crippen LogP contribution is -2.15. The van der Waals surface area contributed by atoms with Crippen molar-refractivity contribution in [1.29, 1.82) is 0 Å². The van der Waals surface area contributed by atoms with E-state index >= 15 is 0 Å². The van der Waals surface area contributed by atoms with Crippen molar-refractivity contribution in [3.8, 4) is 23.0 Å². The van der Waals surface area contributed by atoms with Crippen LogP contribution in [0.4, 0.5) is 5.69 Å². The van der Waals surface area contributed by atoms with Crippen LogP contribution in [0.1, 0.15) is 11.1 Å². The standard InChI is InChI=1S/C21H24N2O5/c1-12-6-7-16(25-2)14(8-12)23-18(24)9-13-11-22-15-10-17(26-3)20(27-4)21(28-5)19(13)15/h6-8,10-11,22H,9H2,1-5H3,(H,23,24). The molecule has 3 aromatic rings. The Labute approximate surface area is 163 Å². The molecule has 1 heterocycles. The van der Waals surface area contributed by atoms with Gasteiger partial charge in [-0.15, -0.1) is 0 Å². The van der Waals surface area contributed by atoms with Crippen molar-refractivity contribution < 1.29 is 23.7 Å². The van der Waals surface area contributed by atoms with Crippen molar-refractivity contribution in [3.05, 3.63) is 41.6 Å². The van der Waals surface area contributed by atoms with Crippen molar-refractivity contribution in [2.24, 2.45) is 0 Å². The highest BCUT2D eigenvalue weighted by atomic mass is 16.5. The number of H-pyrrole nitrogens is 1. The quantitative estimate of drug-likeness (QED) is 0.649. The van der Waals surface area contributed by atoms with Crippen molar-refractivity contribution in [1.82, 2.24) is 4.98 Å². The monoisotopic (exact) mass is 384 g/mol. The minimum absolute atomic E-state index is 0.156. The SMILES string of the molecule is COc1ccc(C)cc1NC(=O)Cc1c[nH]c2cc(OC)c(OC)c(OC)c12. The predicted molar refractivity (Wildman–Crippen MR) is 108 cm³/mol. The molecule has 0 spiro atoms. The third-order valence-corrected chi connectivity index (χ3v) is 4.53. The van der Waals surface area contributed by atoms with Gasteiger partial charge in [-0.3, -0.25) is 4.79 Å². The Morgan fingerprint density at radius 2 is 1.68 bits per heavy atom. The topological polar surface area (TPSA) is 81.8 Å². The minimum Gasteiger partial charge on any atom is -0.495 e. The largest absolute Gasteiger partial charge is 0.495 e. The molecule has 0 radical (unpaired) electrons. The molecule has 0 saturated heterocycles. The first kappa shape index (κ1) is 19.4. The van der Waals surface area contributed by atoms with E-state index in [0.29, 0.717) is 28.7 Å². The lowest BCUT2D eigenvalue weighted by Gasteiger charge is -2.14. The van der Waals surface area contributed by atoms with Gasteiger partial charge in [0, 0.05) is 17.6 Å². The molecule has 7 nitrogen and oxygen atoms in total. The third-order valence-electron chi connectivity index (χ3n) is 4.53. The molecule has 2 aromatic carbocycles. The van der Waals surface area contributed by atoms with E-state index in [2.05, 4.69) is 10.3 Å². The fourth-order valence-electron chi connectivity index (χ4n) is 3.25. The van der Waals surface area contributed by atoms with Gasteiger partial charge >= 0.3 is 0 Å². The highest BCUT2D eigenvalue weighted by Crippen LogP contribution is 2.44. The van der Waals surface area contributed by atoms with E-state index in [1.54, 1.807) is 34.6 Å². The Hall–Kier alpha value is -3.35. The Kier molecular flexibility index (Phi) is 5.63. The highest BCUT2D eigenvalue weighted by molar-refractivity contribution is 6.00. The number of aryl methyl sites for hydroxylation is 1. The molecule has 2 N–H and O–H groups in total. The fourth-order valence-corrected chi connectivity index (χ4v) is 3.25. The Bertz CT molecular complexity index is 1010. The average Bonchev–Trinajstić information content (AvgIpc) is 3.08. The summed E-state index contributed by atoms with van der Waals surface area (Å²) in [4.78, 5) is 15.9. The van der Waals surface area contributed by atoms with Crippen LogP contribution in [0.2, 0.25) is 0 Å². The Balaban J connectivity index is 1.95. The molecule has 0 bridgehead atoms. The first-order chi connectivity index (χ1) is 13.5. The average molecular weight is 384 g/mol. The van der Waals surface area contributed by atoms with E-state index in [-0.39, 0.29) is 12.3 Å². The zero-order valence-corrected chi connectivity index (χ0v) is 16.6. The van der Waals surface area contributed by atoms with E-state index in [4.69, 9.17) is 18.9 Å². The summed E-state index contributed by atoms with van der Waals surface area (Å²) < 4.78 is 21.7. The van der Waals surface area contributed by atoms with Crippen LogP contribution in [0.15, 0.2) is 30.5 Å². The fraction of sp³-hybridized carbons (Fsp3) is 0.286. The minimum atomic E-state index is -0.165. The lowest BCUT2D eigenvalue weighted by atomic mass is 10.1. The number of fused-ring (bicyclic) bond motifs is 1. The molecule has 3 rings (SSSR count). The van der Waals surface area contributed by atoms with Gasteiger partial charge in [0.25, 0.3) is 0 Å². The number of carbonyl (C=O) groups excluding carboxylic acids is 1. The van der Waals surface area contributed by atoms with Crippen molar-refractivity contribution in [3.63, 3.8) is 0 Å². The number of hydrogen-bond donors (Lipinski definition) is 2. The summed E-state index contributed by atoms with van der Waals surface area (Å²) in [5.41, 5.74) is 3.25. The number of aromatic nitrogens is 1. The molecular weight excluding hydrogens is 360 g/mol. The van der Waals surface area contributed by atoms with Crippen molar-refractivity contribution in [2.45, 2.75) is 13.3 Å². The summed E-state index contributed by atoms with van der Waals surface area (Å²) in [6.45, 7) is 1.96. The molecule has 0 fully saturated rings. The summed E-state index contributed by atoms with van der Waals surface area (Å²) in [7, 11) is 6.25. The van der Waals surface area contributed by atoms with E-state index in [9.17, 15) is 4.79 Å². The van der Waals surface area contributed by atoms with Gasteiger partial charge in [-0.25, -0.2) is 0 Å². The second-order valence-corrected chi connectivity index (χ2v) is 6.31. The second kappa shape index (κ2) is 8.12. The number of carbonyl (C=O) groups is 1. The zero-order valence-electron chi connectivity index (χ0n) is 16.6. The molecule has 0 aliphatic rings. The van der Waals surface area contributed by atoms with Crippen LogP contribution in [-0.4, -0.2) is 39.3 Å². The van der Waals surface area contributed by atoms with Gasteiger partial charge in [-0.2, -0.15) is 0 Å². The summed E-state index contributed by atoms with van der Waals surface area (Å²) >= 11 is 0. The van der Waals surface area contributed by atoms with Crippen LogP contribution < -0.4 is 24.3 Å². The molecule has 0 aliphatic carbocycles. The second-order valence-electron chi connectivity index (χ2n) is 6.31. The first-order valence-corrected chi connectivity index (χ1v) is 8.75. The molecule has 148 valence electrons. The van der Waals surface area contributed by atoms with E-state index < -0.39 is 0 Å². The van der Waals surface area contributed by atoms with E-state index in [0.717, 1.165) is 22.0 Å². The highest BCUT2D eigenvalue weighted by Gasteiger charge is 2.21. The molecule has 7 heteroatoms. The number of hydrogen-bond acceptors (Lipinski definition) is 5. The van der Waals surface area contributed by atoms with Gasteiger partial charge in [0.2, 0.25) is 11.7 Å². The summed E-state index contributed by atoms with van der Waals surface area (Å²) in [6.07, 6.45) is 1.95. The van der Waals surface area contributed by atoms with Crippen LogP contribution in [0.3, 0.4) is 0 Å². The van der Waals surface area contributed by atoms with Crippen LogP contribution in [-0.2, 0) is 11.2 Å². The molecule has 0 aliphatic heterocycles. The number of aromatic amines is 1. The number of anilines is 1. The first-order valence-electron chi connectivity index (χ1n) is 8.75. The normalized spacial score (nSPS) is 10.6. The maximum Gasteiger partial charge on any atom is 0.228 e. The molecule has 0 atom stereocenters. The number of benzene rings is 2. The number of amides is 1. The van der Waals surface area contributed by atoms with Gasteiger partial charge in [-0.05, 0) is 30.2 Å². The van der Waals surface area contributed by atoms with Crippen LogP contribution in [0.25, 0.3) is 10.9 Å². The van der Waals surface area contributed by atoms with Crippen LogP contribution in [0, 0.1) is 6.92 Å². The maximum atomic E-state index is 12.7. The molecule has 1 aromatic heterocycles. The van der Waals surface area contributed by atoms with Gasteiger partial charge in [-0.1, -0.05) is 6.07 Å². The van der Waals surface area contributed by atoms with Crippen LogP contribution in [0.5, 0.6) is 23.0 Å². The molecular formula is C21H24N2O5. The van der Waals surface area contributed by atoms with Crippen molar-refractivity contribution in [2.75, 3.05) is 33.8 Å². The van der Waals surface area contributed by atoms with Crippen LogP contribution >= 0.6 is 0 Å². The lowest BCUT2D eigenvalue weighted by molar-refractivity contribution is -0.115. The van der Waals surface area contributed by atoms with Gasteiger partial charge in [0.05, 0.1) is 46.1 Å². The summed E-state index contributed by atoms with van der Waals surface area (Å²) in [5, 5.41) is 3.70. The molecule has 0 unspecified atom stereocenters. The maximum absolute atomic E-state index is 12.7. The zero-order chi connectivity index (χ0) is 20.3.